The Morgan fingerprint density at radius 1 is 1.14 bits per heavy atom. The smallest absolute Gasteiger partial charge is 0.292 e. The van der Waals surface area contributed by atoms with E-state index in [1.807, 2.05) is 0 Å². The van der Waals surface area contributed by atoms with E-state index in [-0.39, 0.29) is 29.5 Å². The van der Waals surface area contributed by atoms with E-state index in [0.29, 0.717) is 16.5 Å². The van der Waals surface area contributed by atoms with E-state index in [0.717, 1.165) is 12.1 Å². The van der Waals surface area contributed by atoms with Gasteiger partial charge in [-0.1, -0.05) is 11.6 Å². The van der Waals surface area contributed by atoms with Crippen LogP contribution in [-0.4, -0.2) is 34.1 Å². The molecule has 0 aliphatic heterocycles. The van der Waals surface area contributed by atoms with Crippen LogP contribution in [0.25, 0.3) is 5.69 Å². The molecule has 10 heteroatoms. The predicted molar refractivity (Wildman–Crippen MR) is 101 cm³/mol. The molecule has 1 heterocycles. The van der Waals surface area contributed by atoms with Gasteiger partial charge in [-0.2, -0.15) is 9.78 Å². The molecule has 1 atom stereocenters. The number of benzene rings is 2. The molecular formula is C19H15ClF3N3O3. The monoisotopic (exact) mass is 425 g/mol. The molecule has 29 heavy (non-hydrogen) atoms. The highest BCUT2D eigenvalue weighted by atomic mass is 35.5. The Kier molecular flexibility index (Phi) is 6.40. The largest absolute Gasteiger partial charge is 0.491 e. The highest BCUT2D eigenvalue weighted by Crippen LogP contribution is 2.18. The molecule has 1 unspecified atom stereocenters. The van der Waals surface area contributed by atoms with Gasteiger partial charge in [0.1, 0.15) is 40.8 Å². The molecule has 3 rings (SSSR count). The molecule has 3 aromatic rings. The maximum Gasteiger partial charge on any atom is 0.292 e. The van der Waals surface area contributed by atoms with E-state index < -0.39 is 29.1 Å². The van der Waals surface area contributed by atoms with Crippen molar-refractivity contribution in [1.82, 2.24) is 9.78 Å². The summed E-state index contributed by atoms with van der Waals surface area (Å²) in [5, 5.41) is 16.3. The maximum atomic E-state index is 13.9. The van der Waals surface area contributed by atoms with Crippen molar-refractivity contribution in [2.75, 3.05) is 18.5 Å². The van der Waals surface area contributed by atoms with Gasteiger partial charge in [0.15, 0.2) is 5.82 Å². The van der Waals surface area contributed by atoms with Gasteiger partial charge < -0.3 is 15.2 Å². The molecule has 0 aliphatic carbocycles. The molecule has 0 aliphatic rings. The van der Waals surface area contributed by atoms with Crippen molar-refractivity contribution in [2.24, 2.45) is 0 Å². The average Bonchev–Trinajstić information content (AvgIpc) is 2.69. The number of aliphatic hydroxyl groups excluding tert-OH is 1. The fourth-order valence-electron chi connectivity index (χ4n) is 2.39. The number of aromatic nitrogens is 2. The fourth-order valence-corrected chi connectivity index (χ4v) is 2.59. The van der Waals surface area contributed by atoms with Gasteiger partial charge in [0, 0.05) is 12.6 Å². The van der Waals surface area contributed by atoms with Crippen LogP contribution >= 0.6 is 11.6 Å². The molecule has 0 radical (unpaired) electrons. The van der Waals surface area contributed by atoms with Crippen LogP contribution in [0, 0.1) is 17.5 Å². The van der Waals surface area contributed by atoms with E-state index in [9.17, 15) is 23.1 Å². The molecule has 0 amide bonds. The van der Waals surface area contributed by atoms with Gasteiger partial charge in [-0.3, -0.25) is 4.79 Å². The number of nitrogens with zero attached hydrogens (tertiary/aromatic N) is 2. The van der Waals surface area contributed by atoms with E-state index in [1.165, 1.54) is 30.5 Å². The number of aliphatic hydroxyl groups is 1. The number of nitrogens with one attached hydrogen (secondary N) is 1. The summed E-state index contributed by atoms with van der Waals surface area (Å²) >= 11 is 6.02. The molecule has 1 aromatic heterocycles. The third-order valence-corrected chi connectivity index (χ3v) is 4.21. The minimum Gasteiger partial charge on any atom is -0.491 e. The van der Waals surface area contributed by atoms with Crippen LogP contribution in [0.3, 0.4) is 0 Å². The van der Waals surface area contributed by atoms with E-state index in [4.69, 9.17) is 16.3 Å². The molecular weight excluding hydrogens is 411 g/mol. The number of hydrogen-bond donors (Lipinski definition) is 2. The summed E-state index contributed by atoms with van der Waals surface area (Å²) in [5.41, 5.74) is -0.951. The minimum absolute atomic E-state index is 0.0308. The quantitative estimate of drug-likeness (QED) is 0.608. The van der Waals surface area contributed by atoms with Crippen molar-refractivity contribution in [1.29, 1.82) is 0 Å². The Bertz CT molecular complexity index is 1060. The second-order valence-electron chi connectivity index (χ2n) is 5.98. The number of halogens is 4. The summed E-state index contributed by atoms with van der Waals surface area (Å²) in [4.78, 5) is 12.4. The Morgan fingerprint density at radius 3 is 2.52 bits per heavy atom. The lowest BCUT2D eigenvalue weighted by molar-refractivity contribution is 0.117. The number of hydrogen-bond acceptors (Lipinski definition) is 5. The lowest BCUT2D eigenvalue weighted by Crippen LogP contribution is -2.28. The van der Waals surface area contributed by atoms with Crippen molar-refractivity contribution in [3.05, 3.63) is 81.5 Å². The first-order valence-corrected chi connectivity index (χ1v) is 8.76. The van der Waals surface area contributed by atoms with Gasteiger partial charge in [-0.15, -0.1) is 0 Å². The molecule has 0 saturated heterocycles. The molecule has 152 valence electrons. The van der Waals surface area contributed by atoms with Crippen molar-refractivity contribution in [2.45, 2.75) is 6.10 Å². The zero-order valence-corrected chi connectivity index (χ0v) is 15.5. The highest BCUT2D eigenvalue weighted by Gasteiger charge is 2.15. The summed E-state index contributed by atoms with van der Waals surface area (Å²) in [6, 6.07) is 7.98. The zero-order valence-electron chi connectivity index (χ0n) is 14.8. The minimum atomic E-state index is -0.979. The van der Waals surface area contributed by atoms with Crippen LogP contribution in [0.1, 0.15) is 0 Å². The van der Waals surface area contributed by atoms with Gasteiger partial charge in [0.2, 0.25) is 0 Å². The van der Waals surface area contributed by atoms with E-state index in [2.05, 4.69) is 10.4 Å². The van der Waals surface area contributed by atoms with Crippen LogP contribution in [0.5, 0.6) is 5.75 Å². The summed E-state index contributed by atoms with van der Waals surface area (Å²) < 4.78 is 45.8. The van der Waals surface area contributed by atoms with Crippen molar-refractivity contribution in [3.8, 4) is 11.4 Å². The second-order valence-corrected chi connectivity index (χ2v) is 6.36. The van der Waals surface area contributed by atoms with Gasteiger partial charge >= 0.3 is 0 Å². The third kappa shape index (κ3) is 5.07. The standard InChI is InChI=1S/C19H15ClF3N3O3/c20-18-16(24-8-13(27)10-29-14-4-1-11(21)2-5-14)9-25-26(19(18)28)17-6-3-12(22)7-15(17)23/h1-7,9,13,24,27H,8,10H2. The lowest BCUT2D eigenvalue weighted by atomic mass is 10.3. The van der Waals surface area contributed by atoms with Gasteiger partial charge in [0.05, 0.1) is 11.9 Å². The fraction of sp³-hybridized carbons (Fsp3) is 0.158. The van der Waals surface area contributed by atoms with Crippen LogP contribution < -0.4 is 15.6 Å². The molecule has 2 aromatic carbocycles. The molecule has 2 N–H and O–H groups in total. The summed E-state index contributed by atoms with van der Waals surface area (Å²) in [7, 11) is 0. The van der Waals surface area contributed by atoms with Crippen molar-refractivity contribution < 1.29 is 23.0 Å². The van der Waals surface area contributed by atoms with Crippen LogP contribution in [0.2, 0.25) is 5.02 Å². The Morgan fingerprint density at radius 2 is 1.83 bits per heavy atom. The van der Waals surface area contributed by atoms with Crippen LogP contribution in [0.15, 0.2) is 53.5 Å². The normalized spacial score (nSPS) is 11.9. The summed E-state index contributed by atoms with van der Waals surface area (Å²) in [6.07, 6.45) is 0.202. The first-order chi connectivity index (χ1) is 13.8. The molecule has 0 saturated carbocycles. The van der Waals surface area contributed by atoms with Crippen LogP contribution in [0.4, 0.5) is 18.9 Å². The van der Waals surface area contributed by atoms with E-state index >= 15 is 0 Å². The van der Waals surface area contributed by atoms with Crippen LogP contribution in [-0.2, 0) is 0 Å². The maximum absolute atomic E-state index is 13.9. The number of rotatable bonds is 7. The van der Waals surface area contributed by atoms with Crippen molar-refractivity contribution >= 4 is 17.3 Å². The third-order valence-electron chi connectivity index (χ3n) is 3.84. The summed E-state index contributed by atoms with van der Waals surface area (Å²) in [6.45, 7) is -0.126. The lowest BCUT2D eigenvalue weighted by Gasteiger charge is -2.15. The predicted octanol–water partition coefficient (Wildman–Crippen LogP) is 3.16. The SMILES string of the molecule is O=c1c(Cl)c(NCC(O)COc2ccc(F)cc2)cnn1-c1ccc(F)cc1F. The zero-order chi connectivity index (χ0) is 21.0. The first kappa shape index (κ1) is 20.7. The Labute approximate surface area is 168 Å². The van der Waals surface area contributed by atoms with E-state index in [1.54, 1.807) is 0 Å². The average molecular weight is 426 g/mol. The second kappa shape index (κ2) is 8.97. The molecule has 6 nitrogen and oxygen atoms in total. The van der Waals surface area contributed by atoms with Gasteiger partial charge in [0.25, 0.3) is 5.56 Å². The first-order valence-electron chi connectivity index (χ1n) is 8.38. The van der Waals surface area contributed by atoms with Gasteiger partial charge in [-0.25, -0.2) is 13.2 Å². The number of ether oxygens (including phenoxy) is 1. The Hall–Kier alpha value is -3.04. The molecule has 0 bridgehead atoms. The highest BCUT2D eigenvalue weighted by molar-refractivity contribution is 6.32. The number of anilines is 1. The Balaban J connectivity index is 1.65. The van der Waals surface area contributed by atoms with Crippen molar-refractivity contribution in [3.63, 3.8) is 0 Å². The van der Waals surface area contributed by atoms with Gasteiger partial charge in [-0.05, 0) is 36.4 Å². The molecule has 0 spiro atoms. The molecule has 0 fully saturated rings. The summed E-state index contributed by atoms with van der Waals surface area (Å²) in [5.74, 6) is -1.78. The topological polar surface area (TPSA) is 76.4 Å².